The molecular formula is C10H14N2O2S. The predicted octanol–water partition coefficient (Wildman–Crippen LogP) is 1.38. The van der Waals surface area contributed by atoms with Crippen molar-refractivity contribution in [3.05, 3.63) is 16.1 Å². The van der Waals surface area contributed by atoms with Crippen molar-refractivity contribution in [2.75, 3.05) is 13.1 Å². The first kappa shape index (κ1) is 10.6. The zero-order valence-electron chi connectivity index (χ0n) is 8.40. The Morgan fingerprint density at radius 2 is 2.60 bits per heavy atom. The number of hydrogen-bond donors (Lipinski definition) is 2. The van der Waals surface area contributed by atoms with Crippen molar-refractivity contribution in [1.82, 2.24) is 10.3 Å². The molecule has 5 heteroatoms. The van der Waals surface area contributed by atoms with E-state index in [1.54, 1.807) is 5.38 Å². The van der Waals surface area contributed by atoms with Gasteiger partial charge in [-0.1, -0.05) is 0 Å². The minimum Gasteiger partial charge on any atom is -0.476 e. The number of thiazole rings is 1. The lowest BCUT2D eigenvalue weighted by Gasteiger charge is -2.21. The van der Waals surface area contributed by atoms with Crippen molar-refractivity contribution in [3.8, 4) is 0 Å². The fourth-order valence-corrected chi connectivity index (χ4v) is 2.73. The van der Waals surface area contributed by atoms with Crippen LogP contribution >= 0.6 is 11.3 Å². The van der Waals surface area contributed by atoms with E-state index < -0.39 is 5.97 Å². The molecule has 1 saturated heterocycles. The van der Waals surface area contributed by atoms with E-state index in [0.29, 0.717) is 5.92 Å². The lowest BCUT2D eigenvalue weighted by Crippen LogP contribution is -2.30. The van der Waals surface area contributed by atoms with E-state index in [2.05, 4.69) is 10.3 Å². The fourth-order valence-electron chi connectivity index (χ4n) is 1.85. The van der Waals surface area contributed by atoms with Gasteiger partial charge in [-0.3, -0.25) is 0 Å². The summed E-state index contributed by atoms with van der Waals surface area (Å²) in [6, 6.07) is 0. The Labute approximate surface area is 92.3 Å². The van der Waals surface area contributed by atoms with Crippen LogP contribution in [0.5, 0.6) is 0 Å². The Morgan fingerprint density at radius 3 is 3.20 bits per heavy atom. The van der Waals surface area contributed by atoms with Crippen LogP contribution in [0, 0.1) is 5.92 Å². The number of rotatable bonds is 3. The molecule has 1 aromatic rings. The summed E-state index contributed by atoms with van der Waals surface area (Å²) in [4.78, 5) is 14.7. The molecule has 0 bridgehead atoms. The smallest absolute Gasteiger partial charge is 0.355 e. The number of aromatic carboxylic acids is 1. The number of carboxylic acids is 1. The van der Waals surface area contributed by atoms with Gasteiger partial charge >= 0.3 is 5.97 Å². The number of piperidine rings is 1. The van der Waals surface area contributed by atoms with Crippen LogP contribution in [0.4, 0.5) is 0 Å². The Hall–Kier alpha value is -0.940. The average molecular weight is 226 g/mol. The van der Waals surface area contributed by atoms with Crippen LogP contribution in [0.25, 0.3) is 0 Å². The minimum atomic E-state index is -0.931. The third kappa shape index (κ3) is 2.76. The summed E-state index contributed by atoms with van der Waals surface area (Å²) in [5.74, 6) is -0.314. The zero-order chi connectivity index (χ0) is 10.7. The SMILES string of the molecule is O=C(O)c1csc(CC2CCCNC2)n1. The predicted molar refractivity (Wildman–Crippen MR) is 58.4 cm³/mol. The van der Waals surface area contributed by atoms with E-state index in [1.165, 1.54) is 24.2 Å². The maximum absolute atomic E-state index is 10.6. The van der Waals surface area contributed by atoms with Crippen LogP contribution in [0.2, 0.25) is 0 Å². The van der Waals surface area contributed by atoms with Gasteiger partial charge in [0.2, 0.25) is 0 Å². The lowest BCUT2D eigenvalue weighted by molar-refractivity contribution is 0.0691. The van der Waals surface area contributed by atoms with E-state index in [1.807, 2.05) is 0 Å². The highest BCUT2D eigenvalue weighted by atomic mass is 32.1. The molecule has 0 aromatic carbocycles. The summed E-state index contributed by atoms with van der Waals surface area (Å²) in [5.41, 5.74) is 0.179. The van der Waals surface area contributed by atoms with Crippen molar-refractivity contribution in [2.24, 2.45) is 5.92 Å². The second-order valence-electron chi connectivity index (χ2n) is 3.85. The molecule has 0 amide bonds. The molecule has 0 radical (unpaired) electrons. The number of carbonyl (C=O) groups is 1. The van der Waals surface area contributed by atoms with E-state index in [4.69, 9.17) is 5.11 Å². The largest absolute Gasteiger partial charge is 0.476 e. The normalized spacial score (nSPS) is 21.5. The summed E-state index contributed by atoms with van der Waals surface area (Å²) < 4.78 is 0. The van der Waals surface area contributed by atoms with Gasteiger partial charge in [0.05, 0.1) is 5.01 Å². The third-order valence-corrected chi connectivity index (χ3v) is 3.50. The highest BCUT2D eigenvalue weighted by molar-refractivity contribution is 7.09. The molecule has 0 aliphatic carbocycles. The molecule has 0 spiro atoms. The van der Waals surface area contributed by atoms with Crippen molar-refractivity contribution < 1.29 is 9.90 Å². The Bertz CT molecular complexity index is 345. The third-order valence-electron chi connectivity index (χ3n) is 2.63. The van der Waals surface area contributed by atoms with Gasteiger partial charge in [-0.25, -0.2) is 9.78 Å². The molecule has 1 aliphatic heterocycles. The summed E-state index contributed by atoms with van der Waals surface area (Å²) >= 11 is 1.45. The summed E-state index contributed by atoms with van der Waals surface area (Å²) in [7, 11) is 0. The molecular weight excluding hydrogens is 212 g/mol. The molecule has 2 N–H and O–H groups in total. The molecule has 2 heterocycles. The van der Waals surface area contributed by atoms with Crippen molar-refractivity contribution in [3.63, 3.8) is 0 Å². The van der Waals surface area contributed by atoms with Gasteiger partial charge in [0.25, 0.3) is 0 Å². The van der Waals surface area contributed by atoms with Crippen molar-refractivity contribution in [1.29, 1.82) is 0 Å². The molecule has 4 nitrogen and oxygen atoms in total. The molecule has 0 saturated carbocycles. The van der Waals surface area contributed by atoms with Crippen molar-refractivity contribution >= 4 is 17.3 Å². The summed E-state index contributed by atoms with van der Waals surface area (Å²) in [6.45, 7) is 2.14. The second kappa shape index (κ2) is 4.72. The fraction of sp³-hybridized carbons (Fsp3) is 0.600. The Balaban J connectivity index is 1.94. The van der Waals surface area contributed by atoms with Gasteiger partial charge in [0.15, 0.2) is 5.69 Å². The standard InChI is InChI=1S/C10H14N2O2S/c13-10(14)8-6-15-9(12-8)4-7-2-1-3-11-5-7/h6-7,11H,1-5H2,(H,13,14). The maximum Gasteiger partial charge on any atom is 0.355 e. The van der Waals surface area contributed by atoms with Gasteiger partial charge < -0.3 is 10.4 Å². The number of nitrogens with zero attached hydrogens (tertiary/aromatic N) is 1. The highest BCUT2D eigenvalue weighted by Gasteiger charge is 2.16. The van der Waals surface area contributed by atoms with E-state index in [0.717, 1.165) is 24.5 Å². The Morgan fingerprint density at radius 1 is 1.73 bits per heavy atom. The maximum atomic E-state index is 10.6. The number of hydrogen-bond acceptors (Lipinski definition) is 4. The van der Waals surface area contributed by atoms with Crippen LogP contribution in [-0.4, -0.2) is 29.1 Å². The van der Waals surface area contributed by atoms with E-state index >= 15 is 0 Å². The van der Waals surface area contributed by atoms with E-state index in [-0.39, 0.29) is 5.69 Å². The van der Waals surface area contributed by atoms with Crippen LogP contribution in [0.3, 0.4) is 0 Å². The van der Waals surface area contributed by atoms with E-state index in [9.17, 15) is 4.79 Å². The highest BCUT2D eigenvalue weighted by Crippen LogP contribution is 2.19. The molecule has 15 heavy (non-hydrogen) atoms. The van der Waals surface area contributed by atoms with Crippen LogP contribution < -0.4 is 5.32 Å². The molecule has 1 unspecified atom stereocenters. The summed E-state index contributed by atoms with van der Waals surface area (Å²) in [5, 5.41) is 14.6. The van der Waals surface area contributed by atoms with Gasteiger partial charge in [-0.15, -0.1) is 11.3 Å². The minimum absolute atomic E-state index is 0.179. The van der Waals surface area contributed by atoms with Gasteiger partial charge in [-0.05, 0) is 31.8 Å². The van der Waals surface area contributed by atoms with Crippen LogP contribution in [0.15, 0.2) is 5.38 Å². The first-order valence-electron chi connectivity index (χ1n) is 5.14. The molecule has 1 aromatic heterocycles. The topological polar surface area (TPSA) is 62.2 Å². The van der Waals surface area contributed by atoms with Gasteiger partial charge in [-0.2, -0.15) is 0 Å². The number of carboxylic acid groups (broad SMARTS) is 1. The van der Waals surface area contributed by atoms with Gasteiger partial charge in [0.1, 0.15) is 0 Å². The first-order chi connectivity index (χ1) is 7.25. The van der Waals surface area contributed by atoms with Gasteiger partial charge in [0, 0.05) is 11.8 Å². The van der Waals surface area contributed by atoms with Crippen LogP contribution in [-0.2, 0) is 6.42 Å². The summed E-state index contributed by atoms with van der Waals surface area (Å²) in [6.07, 6.45) is 3.34. The van der Waals surface area contributed by atoms with Crippen molar-refractivity contribution in [2.45, 2.75) is 19.3 Å². The molecule has 2 rings (SSSR count). The molecule has 1 fully saturated rings. The molecule has 1 aliphatic rings. The first-order valence-corrected chi connectivity index (χ1v) is 6.02. The Kier molecular flexibility index (Phi) is 3.33. The quantitative estimate of drug-likeness (QED) is 0.817. The molecule has 82 valence electrons. The number of aromatic nitrogens is 1. The average Bonchev–Trinajstić information content (AvgIpc) is 2.68. The zero-order valence-corrected chi connectivity index (χ0v) is 9.22. The molecule has 1 atom stereocenters. The second-order valence-corrected chi connectivity index (χ2v) is 4.79. The lowest BCUT2D eigenvalue weighted by atomic mass is 9.97. The monoisotopic (exact) mass is 226 g/mol. The van der Waals surface area contributed by atoms with Crippen LogP contribution in [0.1, 0.15) is 28.3 Å². The number of nitrogens with one attached hydrogen (secondary N) is 1.